The third-order valence-corrected chi connectivity index (χ3v) is 6.35. The zero-order chi connectivity index (χ0) is 22.1. The Hall–Kier alpha value is -3.00. The fraction of sp³-hybridized carbons (Fsp3) is 0.0870. The molecule has 160 valence electrons. The fourth-order valence-electron chi connectivity index (χ4n) is 3.27. The lowest BCUT2D eigenvalue weighted by atomic mass is 10.1. The molecule has 32 heavy (non-hydrogen) atoms. The molecule has 0 spiro atoms. The summed E-state index contributed by atoms with van der Waals surface area (Å²) in [5.41, 5.74) is 4.06. The highest BCUT2D eigenvalue weighted by atomic mass is 35.5. The number of rotatable bonds is 4. The lowest BCUT2D eigenvalue weighted by Crippen LogP contribution is -2.17. The monoisotopic (exact) mass is 482 g/mol. The van der Waals surface area contributed by atoms with E-state index >= 15 is 0 Å². The maximum absolute atomic E-state index is 9.78. The molecule has 0 bridgehead atoms. The lowest BCUT2D eigenvalue weighted by Gasteiger charge is -2.19. The summed E-state index contributed by atoms with van der Waals surface area (Å²) in [5.74, 6) is 1.05. The lowest BCUT2D eigenvalue weighted by molar-refractivity contribution is 0.225. The van der Waals surface area contributed by atoms with Crippen LogP contribution < -0.4 is 10.1 Å². The first kappa shape index (κ1) is 20.9. The smallest absolute Gasteiger partial charge is 0.247 e. The van der Waals surface area contributed by atoms with Crippen LogP contribution in [0.3, 0.4) is 0 Å². The number of hydrogen-bond acceptors (Lipinski definition) is 7. The van der Waals surface area contributed by atoms with E-state index in [4.69, 9.17) is 27.9 Å². The third-order valence-electron chi connectivity index (χ3n) is 4.89. The van der Waals surface area contributed by atoms with E-state index in [1.807, 2.05) is 48.5 Å². The van der Waals surface area contributed by atoms with Crippen LogP contribution >= 0.6 is 35.0 Å². The van der Waals surface area contributed by atoms with Gasteiger partial charge in [-0.1, -0.05) is 65.3 Å². The van der Waals surface area contributed by atoms with E-state index in [0.717, 1.165) is 22.4 Å². The molecule has 1 atom stereocenters. The second-order valence-corrected chi connectivity index (χ2v) is 8.85. The van der Waals surface area contributed by atoms with Crippen LogP contribution in [0.1, 0.15) is 17.4 Å². The van der Waals surface area contributed by atoms with Gasteiger partial charge in [0.05, 0.1) is 5.02 Å². The molecule has 1 aromatic heterocycles. The van der Waals surface area contributed by atoms with Gasteiger partial charge < -0.3 is 15.2 Å². The molecule has 4 aromatic rings. The quantitative estimate of drug-likeness (QED) is 0.328. The maximum Gasteiger partial charge on any atom is 0.247 e. The Bertz CT molecular complexity index is 1290. The molecule has 3 aromatic carbocycles. The topological polar surface area (TPSA) is 80.2 Å². The summed E-state index contributed by atoms with van der Waals surface area (Å²) in [6.45, 7) is 0. The Morgan fingerprint density at radius 2 is 1.81 bits per heavy atom. The van der Waals surface area contributed by atoms with Crippen molar-refractivity contribution in [1.82, 2.24) is 15.2 Å². The Balaban J connectivity index is 1.49. The first-order valence-electron chi connectivity index (χ1n) is 9.70. The molecule has 2 N–H and O–H groups in total. The number of phenols is 1. The van der Waals surface area contributed by atoms with Crippen molar-refractivity contribution < 1.29 is 9.84 Å². The standard InChI is InChI=1S/C23H16Cl2N4O2S/c24-15-8-5-13(6-9-15)12-32-23-27-22-20(28-29-23)16-3-1-2-4-18(16)26-21(31-22)14-7-10-19(30)17(25)11-14/h1-11,21,26,30H,12H2/t21-/m0/s1. The SMILES string of the molecule is Oc1ccc([C@H]2Nc3ccccc3-c3nnc(SCc4ccc(Cl)cc4)nc3O2)cc1Cl. The zero-order valence-electron chi connectivity index (χ0n) is 16.5. The highest BCUT2D eigenvalue weighted by Crippen LogP contribution is 2.40. The number of thioether (sulfide) groups is 1. The van der Waals surface area contributed by atoms with Crippen molar-refractivity contribution in [2.75, 3.05) is 5.32 Å². The number of benzene rings is 3. The predicted molar refractivity (Wildman–Crippen MR) is 126 cm³/mol. The summed E-state index contributed by atoms with van der Waals surface area (Å²) in [6.07, 6.45) is -0.582. The number of para-hydroxylation sites is 1. The molecule has 9 heteroatoms. The van der Waals surface area contributed by atoms with Crippen molar-refractivity contribution in [3.63, 3.8) is 0 Å². The summed E-state index contributed by atoms with van der Waals surface area (Å²) >= 11 is 13.5. The molecule has 1 aliphatic heterocycles. The Labute approximate surface area is 198 Å². The maximum atomic E-state index is 9.78. The number of fused-ring (bicyclic) bond motifs is 3. The van der Waals surface area contributed by atoms with Gasteiger partial charge in [-0.3, -0.25) is 0 Å². The van der Waals surface area contributed by atoms with Gasteiger partial charge in [0, 0.05) is 27.6 Å². The Kier molecular flexibility index (Phi) is 5.78. The highest BCUT2D eigenvalue weighted by molar-refractivity contribution is 7.98. The number of ether oxygens (including phenoxy) is 1. The number of aromatic nitrogens is 3. The highest BCUT2D eigenvalue weighted by Gasteiger charge is 2.26. The van der Waals surface area contributed by atoms with Crippen molar-refractivity contribution in [3.8, 4) is 22.9 Å². The van der Waals surface area contributed by atoms with Gasteiger partial charge in [-0.05, 0) is 42.0 Å². The van der Waals surface area contributed by atoms with Gasteiger partial charge in [-0.2, -0.15) is 4.98 Å². The molecule has 0 aliphatic carbocycles. The summed E-state index contributed by atoms with van der Waals surface area (Å²) in [5, 5.41) is 23.3. The first-order valence-corrected chi connectivity index (χ1v) is 11.4. The third kappa shape index (κ3) is 4.32. The minimum Gasteiger partial charge on any atom is -0.506 e. The number of anilines is 1. The molecule has 0 amide bonds. The average molecular weight is 483 g/mol. The second kappa shape index (κ2) is 8.86. The van der Waals surface area contributed by atoms with Gasteiger partial charge in [0.25, 0.3) is 0 Å². The molecule has 6 nitrogen and oxygen atoms in total. The van der Waals surface area contributed by atoms with E-state index in [9.17, 15) is 5.11 Å². The Morgan fingerprint density at radius 3 is 2.62 bits per heavy atom. The number of nitrogens with zero attached hydrogens (tertiary/aromatic N) is 3. The van der Waals surface area contributed by atoms with E-state index in [2.05, 4.69) is 20.5 Å². The molecule has 0 fully saturated rings. The molecule has 0 unspecified atom stereocenters. The predicted octanol–water partition coefficient (Wildman–Crippen LogP) is 6.35. The van der Waals surface area contributed by atoms with Crippen molar-refractivity contribution in [2.45, 2.75) is 17.1 Å². The molecular weight excluding hydrogens is 467 g/mol. The van der Waals surface area contributed by atoms with E-state index in [1.165, 1.54) is 17.8 Å². The number of halogens is 2. The van der Waals surface area contributed by atoms with Crippen LogP contribution in [-0.4, -0.2) is 20.3 Å². The molecule has 2 heterocycles. The minimum atomic E-state index is -0.582. The molecule has 5 rings (SSSR count). The minimum absolute atomic E-state index is 0.00900. The molecule has 0 saturated carbocycles. The largest absolute Gasteiger partial charge is 0.506 e. The first-order chi connectivity index (χ1) is 15.6. The van der Waals surface area contributed by atoms with Crippen LogP contribution in [0.25, 0.3) is 11.3 Å². The van der Waals surface area contributed by atoms with Crippen LogP contribution in [0.2, 0.25) is 10.0 Å². The van der Waals surface area contributed by atoms with E-state index in [1.54, 1.807) is 12.1 Å². The van der Waals surface area contributed by atoms with Gasteiger partial charge in [0.15, 0.2) is 11.9 Å². The number of phenolic OH excluding ortho intramolecular Hbond substituents is 1. The average Bonchev–Trinajstić information content (AvgIpc) is 2.97. The van der Waals surface area contributed by atoms with Crippen molar-refractivity contribution in [3.05, 3.63) is 87.9 Å². The van der Waals surface area contributed by atoms with E-state index in [0.29, 0.717) is 27.5 Å². The molecule has 0 radical (unpaired) electrons. The molecule has 0 saturated heterocycles. The summed E-state index contributed by atoms with van der Waals surface area (Å²) in [7, 11) is 0. The van der Waals surface area contributed by atoms with Gasteiger partial charge in [-0.15, -0.1) is 10.2 Å². The zero-order valence-corrected chi connectivity index (χ0v) is 18.8. The van der Waals surface area contributed by atoms with Crippen LogP contribution in [0, 0.1) is 0 Å². The number of aromatic hydroxyl groups is 1. The second-order valence-electron chi connectivity index (χ2n) is 7.06. The summed E-state index contributed by atoms with van der Waals surface area (Å²) < 4.78 is 6.23. The Morgan fingerprint density at radius 1 is 1.00 bits per heavy atom. The summed E-state index contributed by atoms with van der Waals surface area (Å²) in [4.78, 5) is 4.64. The normalized spacial score (nSPS) is 14.5. The van der Waals surface area contributed by atoms with E-state index < -0.39 is 6.23 Å². The molecular formula is C23H16Cl2N4O2S. The summed E-state index contributed by atoms with van der Waals surface area (Å²) in [6, 6.07) is 20.3. The van der Waals surface area contributed by atoms with Gasteiger partial charge in [0.1, 0.15) is 5.75 Å². The van der Waals surface area contributed by atoms with Crippen LogP contribution in [-0.2, 0) is 5.75 Å². The van der Waals surface area contributed by atoms with Crippen molar-refractivity contribution in [1.29, 1.82) is 0 Å². The van der Waals surface area contributed by atoms with Crippen molar-refractivity contribution >= 4 is 40.7 Å². The number of hydrogen-bond donors (Lipinski definition) is 2. The van der Waals surface area contributed by atoms with Crippen LogP contribution in [0.4, 0.5) is 5.69 Å². The van der Waals surface area contributed by atoms with Gasteiger partial charge >= 0.3 is 0 Å². The van der Waals surface area contributed by atoms with Crippen molar-refractivity contribution in [2.24, 2.45) is 0 Å². The van der Waals surface area contributed by atoms with E-state index in [-0.39, 0.29) is 10.8 Å². The molecule has 1 aliphatic rings. The van der Waals surface area contributed by atoms with Gasteiger partial charge in [0.2, 0.25) is 11.0 Å². The van der Waals surface area contributed by atoms with Crippen LogP contribution in [0.15, 0.2) is 71.9 Å². The van der Waals surface area contributed by atoms with Gasteiger partial charge in [-0.25, -0.2) is 0 Å². The van der Waals surface area contributed by atoms with Crippen LogP contribution in [0.5, 0.6) is 11.6 Å². The fourth-order valence-corrected chi connectivity index (χ4v) is 4.32. The number of nitrogens with one attached hydrogen (secondary N) is 1.